The number of likely N-dealkylation sites (tertiary alicyclic amines) is 1. The van der Waals surface area contributed by atoms with E-state index in [4.69, 9.17) is 11.5 Å². The van der Waals surface area contributed by atoms with Crippen LogP contribution in [0.3, 0.4) is 0 Å². The van der Waals surface area contributed by atoms with E-state index in [2.05, 4.69) is 26.1 Å². The van der Waals surface area contributed by atoms with E-state index in [-0.39, 0.29) is 34.5 Å². The van der Waals surface area contributed by atoms with Crippen molar-refractivity contribution in [3.63, 3.8) is 0 Å². The number of amides is 3. The van der Waals surface area contributed by atoms with Crippen LogP contribution in [-0.4, -0.2) is 53.1 Å². The SMILES string of the molecule is CC1(C)CC[C@@H]2[C@@H](C(=O)NC(CC3CC3)C(=O)C(N)=O)N(C(=O)[C@@H](N)C3(C)CCCCC3)C[C@@H]21. The number of carbonyl (C=O) groups is 4. The molecule has 3 saturated carbocycles. The number of hydrogen-bond acceptors (Lipinski definition) is 5. The van der Waals surface area contributed by atoms with Gasteiger partial charge in [0, 0.05) is 6.54 Å². The van der Waals surface area contributed by atoms with Gasteiger partial charge in [0.1, 0.15) is 6.04 Å². The van der Waals surface area contributed by atoms with Crippen LogP contribution >= 0.6 is 0 Å². The molecule has 3 aliphatic carbocycles. The Morgan fingerprint density at radius 1 is 1.00 bits per heavy atom. The molecule has 0 spiro atoms. The van der Waals surface area contributed by atoms with Gasteiger partial charge in [0.15, 0.2) is 0 Å². The second-order valence-corrected chi connectivity index (χ2v) is 12.4. The topological polar surface area (TPSA) is 136 Å². The van der Waals surface area contributed by atoms with Crippen LogP contribution in [0.25, 0.3) is 0 Å². The third-order valence-electron chi connectivity index (χ3n) is 9.48. The van der Waals surface area contributed by atoms with Gasteiger partial charge in [0.2, 0.25) is 17.6 Å². The molecule has 5 N–H and O–H groups in total. The molecule has 0 bridgehead atoms. The van der Waals surface area contributed by atoms with Gasteiger partial charge in [0.05, 0.1) is 12.1 Å². The highest BCUT2D eigenvalue weighted by atomic mass is 16.2. The van der Waals surface area contributed by atoms with E-state index < -0.39 is 29.8 Å². The molecular weight excluding hydrogens is 432 g/mol. The molecule has 190 valence electrons. The molecule has 5 atom stereocenters. The number of hydrogen-bond donors (Lipinski definition) is 3. The first-order valence-corrected chi connectivity index (χ1v) is 13.1. The van der Waals surface area contributed by atoms with Crippen molar-refractivity contribution >= 4 is 23.5 Å². The molecule has 0 radical (unpaired) electrons. The van der Waals surface area contributed by atoms with Crippen LogP contribution in [0, 0.1) is 28.6 Å². The first-order valence-electron chi connectivity index (χ1n) is 13.1. The van der Waals surface area contributed by atoms with Crippen LogP contribution in [0.2, 0.25) is 0 Å². The van der Waals surface area contributed by atoms with Crippen LogP contribution in [0.4, 0.5) is 0 Å². The Kier molecular flexibility index (Phi) is 6.84. The minimum Gasteiger partial charge on any atom is -0.363 e. The van der Waals surface area contributed by atoms with Crippen LogP contribution in [0.1, 0.15) is 85.0 Å². The highest BCUT2D eigenvalue weighted by molar-refractivity contribution is 6.37. The van der Waals surface area contributed by atoms with Crippen LogP contribution in [-0.2, 0) is 19.2 Å². The molecule has 1 aliphatic heterocycles. The Hall–Kier alpha value is -1.96. The predicted octanol–water partition coefficient (Wildman–Crippen LogP) is 1.89. The van der Waals surface area contributed by atoms with E-state index in [9.17, 15) is 19.2 Å². The van der Waals surface area contributed by atoms with E-state index in [1.807, 2.05) is 0 Å². The lowest BCUT2D eigenvalue weighted by atomic mass is 9.70. The fourth-order valence-electron chi connectivity index (χ4n) is 6.88. The van der Waals surface area contributed by atoms with Gasteiger partial charge in [0.25, 0.3) is 5.91 Å². The number of ketones is 1. The van der Waals surface area contributed by atoms with Crippen molar-refractivity contribution < 1.29 is 19.2 Å². The van der Waals surface area contributed by atoms with E-state index in [0.717, 1.165) is 51.4 Å². The summed E-state index contributed by atoms with van der Waals surface area (Å²) in [6.45, 7) is 7.02. The minimum atomic E-state index is -1.03. The fraction of sp³-hybridized carbons (Fsp3) is 0.846. The van der Waals surface area contributed by atoms with Gasteiger partial charge < -0.3 is 21.7 Å². The van der Waals surface area contributed by atoms with Gasteiger partial charge >= 0.3 is 0 Å². The summed E-state index contributed by atoms with van der Waals surface area (Å²) in [5.74, 6) is -1.74. The van der Waals surface area contributed by atoms with E-state index in [0.29, 0.717) is 18.9 Å². The van der Waals surface area contributed by atoms with Crippen molar-refractivity contribution in [1.82, 2.24) is 10.2 Å². The minimum absolute atomic E-state index is 0.0213. The van der Waals surface area contributed by atoms with E-state index >= 15 is 0 Å². The largest absolute Gasteiger partial charge is 0.363 e. The summed E-state index contributed by atoms with van der Waals surface area (Å²) in [7, 11) is 0. The van der Waals surface area contributed by atoms with Gasteiger partial charge in [-0.05, 0) is 60.7 Å². The molecule has 34 heavy (non-hydrogen) atoms. The van der Waals surface area contributed by atoms with Crippen molar-refractivity contribution in [2.45, 2.75) is 103 Å². The third-order valence-corrected chi connectivity index (χ3v) is 9.48. The van der Waals surface area contributed by atoms with E-state index in [1.165, 1.54) is 6.42 Å². The zero-order valence-corrected chi connectivity index (χ0v) is 21.0. The van der Waals surface area contributed by atoms with Crippen LogP contribution in [0.5, 0.6) is 0 Å². The number of primary amides is 1. The molecule has 3 amide bonds. The van der Waals surface area contributed by atoms with E-state index in [1.54, 1.807) is 4.90 Å². The summed E-state index contributed by atoms with van der Waals surface area (Å²) in [5.41, 5.74) is 11.6. The number of nitrogens with zero attached hydrogens (tertiary/aromatic N) is 1. The second kappa shape index (κ2) is 9.25. The zero-order valence-electron chi connectivity index (χ0n) is 21.0. The van der Waals surface area contributed by atoms with Crippen molar-refractivity contribution in [1.29, 1.82) is 0 Å². The molecule has 0 aromatic rings. The van der Waals surface area contributed by atoms with Gasteiger partial charge in [-0.3, -0.25) is 19.2 Å². The predicted molar refractivity (Wildman–Crippen MR) is 128 cm³/mol. The molecule has 1 heterocycles. The Labute approximate surface area is 202 Å². The Morgan fingerprint density at radius 3 is 2.24 bits per heavy atom. The number of nitrogens with two attached hydrogens (primary N) is 2. The summed E-state index contributed by atoms with van der Waals surface area (Å²) in [6, 6.07) is -2.24. The fourth-order valence-corrected chi connectivity index (χ4v) is 6.88. The number of fused-ring (bicyclic) bond motifs is 1. The summed E-state index contributed by atoms with van der Waals surface area (Å²) in [5, 5.41) is 2.84. The molecule has 4 aliphatic rings. The van der Waals surface area contributed by atoms with Gasteiger partial charge in [-0.15, -0.1) is 0 Å². The maximum Gasteiger partial charge on any atom is 0.287 e. The number of rotatable bonds is 8. The van der Waals surface area contributed by atoms with Crippen molar-refractivity contribution in [2.24, 2.45) is 40.1 Å². The summed E-state index contributed by atoms with van der Waals surface area (Å²) < 4.78 is 0. The average Bonchev–Trinajstić information content (AvgIpc) is 3.44. The molecule has 8 nitrogen and oxygen atoms in total. The average molecular weight is 475 g/mol. The monoisotopic (exact) mass is 474 g/mol. The molecule has 8 heteroatoms. The lowest BCUT2D eigenvalue weighted by molar-refractivity contribution is -0.144. The first kappa shape index (κ1) is 25.1. The molecule has 0 aromatic heterocycles. The van der Waals surface area contributed by atoms with Crippen LogP contribution in [0.15, 0.2) is 0 Å². The molecule has 1 saturated heterocycles. The maximum atomic E-state index is 13.8. The summed E-state index contributed by atoms with van der Waals surface area (Å²) in [4.78, 5) is 53.3. The zero-order chi connectivity index (χ0) is 24.8. The molecular formula is C26H42N4O4. The number of nitrogens with one attached hydrogen (secondary N) is 1. The normalized spacial score (nSPS) is 31.4. The van der Waals surface area contributed by atoms with Gasteiger partial charge in [-0.1, -0.05) is 52.9 Å². The quantitative estimate of drug-likeness (QED) is 0.462. The standard InChI is InChI=1S/C26H42N4O4/c1-25(2)12-9-16-17(25)14-30(24(34)21(27)26(3)10-5-4-6-11-26)19(16)23(33)29-18(13-15-7-8-15)20(31)22(28)32/h15-19,21H,4-14,27H2,1-3H3,(H2,28,32)(H,29,33)/t16-,17-,18?,19-,21+/m0/s1. The highest BCUT2D eigenvalue weighted by Crippen LogP contribution is 2.53. The molecule has 4 rings (SSSR count). The van der Waals surface area contributed by atoms with Crippen LogP contribution < -0.4 is 16.8 Å². The molecule has 0 aromatic carbocycles. The van der Waals surface area contributed by atoms with Crippen molar-refractivity contribution in [3.05, 3.63) is 0 Å². The number of Topliss-reactive ketones (excluding diaryl/α,β-unsaturated/α-hetero) is 1. The molecule has 1 unspecified atom stereocenters. The second-order valence-electron chi connectivity index (χ2n) is 12.4. The van der Waals surface area contributed by atoms with Gasteiger partial charge in [-0.2, -0.15) is 0 Å². The summed E-state index contributed by atoms with van der Waals surface area (Å²) >= 11 is 0. The smallest absolute Gasteiger partial charge is 0.287 e. The lowest BCUT2D eigenvalue weighted by Crippen LogP contribution is -2.59. The number of carbonyl (C=O) groups excluding carboxylic acids is 4. The Morgan fingerprint density at radius 2 is 1.65 bits per heavy atom. The van der Waals surface area contributed by atoms with Crippen molar-refractivity contribution in [3.8, 4) is 0 Å². The first-order chi connectivity index (χ1) is 15.9. The third kappa shape index (κ3) is 4.75. The molecule has 4 fully saturated rings. The maximum absolute atomic E-state index is 13.8. The Bertz CT molecular complexity index is 846. The van der Waals surface area contributed by atoms with Crippen molar-refractivity contribution in [2.75, 3.05) is 6.54 Å². The Balaban J connectivity index is 1.57. The van der Waals surface area contributed by atoms with Gasteiger partial charge in [-0.25, -0.2) is 0 Å². The summed E-state index contributed by atoms with van der Waals surface area (Å²) in [6.07, 6.45) is 9.37. The lowest BCUT2D eigenvalue weighted by Gasteiger charge is -2.40. The highest BCUT2D eigenvalue weighted by Gasteiger charge is 2.57.